The number of hydrogen-bond acceptors (Lipinski definition) is 10. The second-order valence-corrected chi connectivity index (χ2v) is 13.4. The van der Waals surface area contributed by atoms with Crippen molar-refractivity contribution in [2.45, 2.75) is 57.4 Å². The van der Waals surface area contributed by atoms with Gasteiger partial charge < -0.3 is 24.2 Å². The molecule has 1 saturated heterocycles. The molecule has 0 radical (unpaired) electrons. The summed E-state index contributed by atoms with van der Waals surface area (Å²) in [5.74, 6) is 1.05. The molecular weight excluding hydrogens is 570 g/mol. The number of piperazine rings is 1. The molecule has 234 valence electrons. The monoisotopic (exact) mass is 613 g/mol. The van der Waals surface area contributed by atoms with Crippen LogP contribution in [-0.4, -0.2) is 80.9 Å². The maximum Gasteiger partial charge on any atom is 0.265 e. The van der Waals surface area contributed by atoms with Crippen LogP contribution in [0.25, 0.3) is 0 Å². The highest BCUT2D eigenvalue weighted by atomic mass is 32.2. The summed E-state index contributed by atoms with van der Waals surface area (Å²) in [5.41, 5.74) is 0.879. The third-order valence-electron chi connectivity index (χ3n) is 7.23. The standard InChI is InChI=1S/C31H43N5O6S/c1-22(2)35-16-18-36(19-17-35)30-32-28(34-43(38,39)24-14-12-23(13-15-24)31(3,4)5)27(29(33-30)41-21-9-20-37)42-26-11-8-7-10-25(26)40-6/h7-8,10-15,22,37H,9,16-21H2,1-6H3,(H,32,33,34). The largest absolute Gasteiger partial charge is 0.493 e. The van der Waals surface area contributed by atoms with Crippen molar-refractivity contribution in [3.05, 3.63) is 54.1 Å². The molecule has 0 atom stereocenters. The molecule has 1 aromatic heterocycles. The molecule has 0 saturated carbocycles. The quantitative estimate of drug-likeness (QED) is 0.278. The first-order valence-corrected chi connectivity index (χ1v) is 16.0. The molecule has 1 fully saturated rings. The van der Waals surface area contributed by atoms with Crippen LogP contribution in [0.5, 0.6) is 23.1 Å². The van der Waals surface area contributed by atoms with Gasteiger partial charge in [0.2, 0.25) is 11.7 Å². The molecule has 12 heteroatoms. The van der Waals surface area contributed by atoms with Crippen LogP contribution in [0.1, 0.15) is 46.6 Å². The lowest BCUT2D eigenvalue weighted by Crippen LogP contribution is -2.49. The van der Waals surface area contributed by atoms with Crippen LogP contribution < -0.4 is 23.8 Å². The highest BCUT2D eigenvalue weighted by Gasteiger charge is 2.28. The number of nitrogens with zero attached hydrogens (tertiary/aromatic N) is 4. The lowest BCUT2D eigenvalue weighted by atomic mass is 9.87. The van der Waals surface area contributed by atoms with E-state index < -0.39 is 10.0 Å². The van der Waals surface area contributed by atoms with Gasteiger partial charge in [0.05, 0.1) is 18.6 Å². The van der Waals surface area contributed by atoms with Crippen LogP contribution >= 0.6 is 0 Å². The number of benzene rings is 2. The first kappa shape index (κ1) is 32.3. The predicted octanol–water partition coefficient (Wildman–Crippen LogP) is 4.67. The fourth-order valence-corrected chi connectivity index (χ4v) is 5.63. The number of methoxy groups -OCH3 is 1. The number of nitrogens with one attached hydrogen (secondary N) is 1. The Morgan fingerprint density at radius 3 is 2.21 bits per heavy atom. The number of ether oxygens (including phenoxy) is 3. The van der Waals surface area contributed by atoms with Crippen LogP contribution in [0.4, 0.5) is 11.8 Å². The smallest absolute Gasteiger partial charge is 0.265 e. The summed E-state index contributed by atoms with van der Waals surface area (Å²) in [7, 11) is -2.57. The minimum Gasteiger partial charge on any atom is -0.493 e. The number of hydrogen-bond donors (Lipinski definition) is 2. The van der Waals surface area contributed by atoms with Crippen molar-refractivity contribution in [1.82, 2.24) is 14.9 Å². The van der Waals surface area contributed by atoms with Crippen molar-refractivity contribution in [1.29, 1.82) is 0 Å². The Balaban J connectivity index is 1.79. The molecule has 0 spiro atoms. The van der Waals surface area contributed by atoms with Crippen LogP contribution in [-0.2, 0) is 15.4 Å². The number of sulfonamides is 1. The van der Waals surface area contributed by atoms with Gasteiger partial charge >= 0.3 is 0 Å². The zero-order valence-electron chi connectivity index (χ0n) is 25.8. The van der Waals surface area contributed by atoms with Gasteiger partial charge in [0.25, 0.3) is 15.9 Å². The van der Waals surface area contributed by atoms with E-state index in [0.717, 1.165) is 18.7 Å². The molecule has 11 nitrogen and oxygen atoms in total. The van der Waals surface area contributed by atoms with Crippen molar-refractivity contribution in [3.63, 3.8) is 0 Å². The average molecular weight is 614 g/mol. The van der Waals surface area contributed by atoms with Gasteiger partial charge in [-0.05, 0) is 49.1 Å². The molecule has 1 aliphatic heterocycles. The van der Waals surface area contributed by atoms with Crippen molar-refractivity contribution in [2.75, 3.05) is 56.1 Å². The molecule has 43 heavy (non-hydrogen) atoms. The van der Waals surface area contributed by atoms with E-state index in [2.05, 4.69) is 54.2 Å². The summed E-state index contributed by atoms with van der Waals surface area (Å²) in [6.45, 7) is 13.5. The second kappa shape index (κ2) is 13.8. The number of aromatic nitrogens is 2. The van der Waals surface area contributed by atoms with Crippen LogP contribution in [0.15, 0.2) is 53.4 Å². The van der Waals surface area contributed by atoms with E-state index in [1.807, 2.05) is 17.0 Å². The Bertz CT molecular complexity index is 1470. The average Bonchev–Trinajstić information content (AvgIpc) is 2.98. The molecule has 4 rings (SSSR count). The number of aliphatic hydroxyl groups excluding tert-OH is 1. The minimum absolute atomic E-state index is 0.0121. The van der Waals surface area contributed by atoms with Gasteiger partial charge in [0, 0.05) is 45.2 Å². The Kier molecular flexibility index (Phi) is 10.4. The summed E-state index contributed by atoms with van der Waals surface area (Å²) in [6.07, 6.45) is 0.349. The summed E-state index contributed by atoms with van der Waals surface area (Å²) in [5, 5.41) is 9.38. The lowest BCUT2D eigenvalue weighted by molar-refractivity contribution is 0.207. The van der Waals surface area contributed by atoms with E-state index in [-0.39, 0.29) is 41.0 Å². The summed E-state index contributed by atoms with van der Waals surface area (Å²) >= 11 is 0. The van der Waals surface area contributed by atoms with Gasteiger partial charge in [-0.2, -0.15) is 9.97 Å². The Morgan fingerprint density at radius 1 is 0.977 bits per heavy atom. The molecule has 0 amide bonds. The molecular formula is C31H43N5O6S. The Hall–Kier alpha value is -3.61. The van der Waals surface area contributed by atoms with Crippen LogP contribution in [0, 0.1) is 0 Å². The zero-order valence-corrected chi connectivity index (χ0v) is 26.6. The molecule has 2 heterocycles. The Labute approximate surface area is 254 Å². The SMILES string of the molecule is COc1ccccc1Oc1c(NS(=O)(=O)c2ccc(C(C)(C)C)cc2)nc(N2CCN(C(C)C)CC2)nc1OCCCO. The van der Waals surface area contributed by atoms with E-state index in [0.29, 0.717) is 43.0 Å². The van der Waals surface area contributed by atoms with Crippen molar-refractivity contribution in [3.8, 4) is 23.1 Å². The molecule has 1 aliphatic rings. The fraction of sp³-hybridized carbons (Fsp3) is 0.484. The third-order valence-corrected chi connectivity index (χ3v) is 8.59. The normalized spacial score (nSPS) is 14.6. The van der Waals surface area contributed by atoms with Crippen LogP contribution in [0.2, 0.25) is 0 Å². The van der Waals surface area contributed by atoms with Crippen molar-refractivity contribution < 1.29 is 27.7 Å². The number of anilines is 2. The van der Waals surface area contributed by atoms with Gasteiger partial charge in [-0.25, -0.2) is 8.42 Å². The number of aliphatic hydroxyl groups is 1. The van der Waals surface area contributed by atoms with E-state index in [4.69, 9.17) is 14.2 Å². The van der Waals surface area contributed by atoms with Gasteiger partial charge in [-0.3, -0.25) is 9.62 Å². The second-order valence-electron chi connectivity index (χ2n) is 11.7. The number of rotatable bonds is 12. The third kappa shape index (κ3) is 8.07. The first-order valence-electron chi connectivity index (χ1n) is 14.5. The first-order chi connectivity index (χ1) is 20.4. The number of para-hydroxylation sites is 2. The molecule has 0 bridgehead atoms. The minimum atomic E-state index is -4.09. The highest BCUT2D eigenvalue weighted by Crippen LogP contribution is 2.42. The lowest BCUT2D eigenvalue weighted by Gasteiger charge is -2.37. The van der Waals surface area contributed by atoms with E-state index in [1.54, 1.807) is 36.4 Å². The molecule has 0 aliphatic carbocycles. The van der Waals surface area contributed by atoms with Gasteiger partial charge in [0.15, 0.2) is 17.3 Å². The molecule has 0 unspecified atom stereocenters. The summed E-state index contributed by atoms with van der Waals surface area (Å²) in [4.78, 5) is 13.8. The highest BCUT2D eigenvalue weighted by molar-refractivity contribution is 7.92. The molecule has 2 aromatic carbocycles. The maximum absolute atomic E-state index is 13.7. The Morgan fingerprint density at radius 2 is 1.63 bits per heavy atom. The van der Waals surface area contributed by atoms with E-state index in [9.17, 15) is 13.5 Å². The topological polar surface area (TPSA) is 126 Å². The van der Waals surface area contributed by atoms with Gasteiger partial charge in [0.1, 0.15) is 0 Å². The van der Waals surface area contributed by atoms with Crippen molar-refractivity contribution in [2.24, 2.45) is 0 Å². The van der Waals surface area contributed by atoms with E-state index >= 15 is 0 Å². The fourth-order valence-electron chi connectivity index (χ4n) is 4.62. The summed E-state index contributed by atoms with van der Waals surface area (Å²) in [6, 6.07) is 14.2. The summed E-state index contributed by atoms with van der Waals surface area (Å²) < 4.78 is 47.8. The van der Waals surface area contributed by atoms with E-state index in [1.165, 1.54) is 7.11 Å². The van der Waals surface area contributed by atoms with Gasteiger partial charge in [-0.1, -0.05) is 45.0 Å². The van der Waals surface area contributed by atoms with Gasteiger partial charge in [-0.15, -0.1) is 0 Å². The predicted molar refractivity (Wildman–Crippen MR) is 167 cm³/mol. The van der Waals surface area contributed by atoms with Crippen molar-refractivity contribution >= 4 is 21.8 Å². The molecule has 2 N–H and O–H groups in total. The zero-order chi connectivity index (χ0) is 31.2. The van der Waals surface area contributed by atoms with Crippen LogP contribution in [0.3, 0.4) is 0 Å². The molecule has 3 aromatic rings. The maximum atomic E-state index is 13.7.